The number of carbonyl (C=O) groups is 4. The minimum Gasteiger partial charge on any atom is -0.471 e. The number of amides is 1. The Kier molecular flexibility index (Phi) is 8.34. The molecular formula is C25H27N5O9. The molecule has 4 atom stereocenters. The fourth-order valence-corrected chi connectivity index (χ4v) is 4.03. The molecule has 3 heterocycles. The zero-order valence-electron chi connectivity index (χ0n) is 21.7. The first-order valence-corrected chi connectivity index (χ1v) is 11.9. The number of ether oxygens (including phenoxy) is 5. The van der Waals surface area contributed by atoms with Gasteiger partial charge in [-0.3, -0.25) is 29.1 Å². The number of aromatic nitrogens is 4. The average molecular weight is 543 g/mol. The van der Waals surface area contributed by atoms with Crippen molar-refractivity contribution in [3.63, 3.8) is 0 Å². The van der Waals surface area contributed by atoms with E-state index in [4.69, 9.17) is 23.7 Å². The fraction of sp³-hybridized carbons (Fsp3) is 0.400. The van der Waals surface area contributed by atoms with Crippen molar-refractivity contribution in [3.05, 3.63) is 42.2 Å². The van der Waals surface area contributed by atoms with Gasteiger partial charge >= 0.3 is 17.9 Å². The lowest BCUT2D eigenvalue weighted by Gasteiger charge is -2.23. The van der Waals surface area contributed by atoms with Gasteiger partial charge in [-0.2, -0.15) is 9.97 Å². The Labute approximate surface area is 222 Å². The van der Waals surface area contributed by atoms with Crippen molar-refractivity contribution < 1.29 is 42.9 Å². The van der Waals surface area contributed by atoms with Crippen LogP contribution < -0.4 is 10.1 Å². The highest BCUT2D eigenvalue weighted by Crippen LogP contribution is 2.37. The van der Waals surface area contributed by atoms with Gasteiger partial charge in [-0.25, -0.2) is 4.98 Å². The summed E-state index contributed by atoms with van der Waals surface area (Å²) in [4.78, 5) is 60.2. The number of nitrogens with zero attached hydrogens (tertiary/aromatic N) is 4. The molecule has 1 aromatic carbocycles. The summed E-state index contributed by atoms with van der Waals surface area (Å²) in [6.45, 7) is 4.80. The van der Waals surface area contributed by atoms with Crippen LogP contribution in [0.1, 0.15) is 39.5 Å². The molecule has 1 fully saturated rings. The SMILES string of the molecule is CC(=O)Nc1nc(O[13CH2]c2ccccc2)c2ncn([C@@H]3O[C@H](COC(C)=O)[C@@H](OC(C)=O)[C@H]3OC(C)=O)c2n1. The van der Waals surface area contributed by atoms with Gasteiger partial charge in [-0.15, -0.1) is 0 Å². The number of rotatable bonds is 9. The predicted octanol–water partition coefficient (Wildman–Crippen LogP) is 1.69. The lowest BCUT2D eigenvalue weighted by Crippen LogP contribution is -2.40. The van der Waals surface area contributed by atoms with Crippen LogP contribution in [0, 0.1) is 0 Å². The fourth-order valence-electron chi connectivity index (χ4n) is 4.03. The highest BCUT2D eigenvalue weighted by atomic mass is 16.7. The molecule has 14 nitrogen and oxygen atoms in total. The molecule has 1 saturated heterocycles. The van der Waals surface area contributed by atoms with Crippen molar-refractivity contribution in [2.24, 2.45) is 0 Å². The second-order valence-corrected chi connectivity index (χ2v) is 8.65. The van der Waals surface area contributed by atoms with Crippen LogP contribution in [0.15, 0.2) is 36.7 Å². The number of anilines is 1. The maximum Gasteiger partial charge on any atom is 0.303 e. The Balaban J connectivity index is 1.76. The zero-order chi connectivity index (χ0) is 28.1. The van der Waals surface area contributed by atoms with Crippen LogP contribution in [0.25, 0.3) is 11.2 Å². The number of hydrogen-bond donors (Lipinski definition) is 1. The van der Waals surface area contributed by atoms with E-state index in [-0.39, 0.29) is 36.2 Å². The average Bonchev–Trinajstić information content (AvgIpc) is 3.42. The predicted molar refractivity (Wildman–Crippen MR) is 132 cm³/mol. The third-order valence-electron chi connectivity index (χ3n) is 5.51. The Bertz CT molecular complexity index is 1380. The van der Waals surface area contributed by atoms with E-state index in [1.165, 1.54) is 38.6 Å². The van der Waals surface area contributed by atoms with Crippen LogP contribution in [0.4, 0.5) is 5.95 Å². The zero-order valence-corrected chi connectivity index (χ0v) is 21.7. The van der Waals surface area contributed by atoms with Gasteiger partial charge in [0.15, 0.2) is 29.6 Å². The van der Waals surface area contributed by atoms with Gasteiger partial charge in [-0.05, 0) is 5.56 Å². The number of hydrogen-bond acceptors (Lipinski definition) is 12. The normalized spacial score (nSPS) is 20.3. The summed E-state index contributed by atoms with van der Waals surface area (Å²) in [7, 11) is 0. The molecule has 3 aromatic rings. The van der Waals surface area contributed by atoms with Crippen molar-refractivity contribution in [1.29, 1.82) is 0 Å². The minimum atomic E-state index is -1.16. The van der Waals surface area contributed by atoms with E-state index in [1.54, 1.807) is 0 Å². The van der Waals surface area contributed by atoms with E-state index >= 15 is 0 Å². The molecule has 0 spiro atoms. The van der Waals surface area contributed by atoms with E-state index in [2.05, 4.69) is 20.3 Å². The molecule has 1 aliphatic rings. The van der Waals surface area contributed by atoms with Crippen LogP contribution in [-0.2, 0) is 44.7 Å². The largest absolute Gasteiger partial charge is 0.471 e. The number of esters is 3. The Morgan fingerprint density at radius 3 is 2.28 bits per heavy atom. The quantitative estimate of drug-likeness (QED) is 0.236. The highest BCUT2D eigenvalue weighted by Gasteiger charge is 2.51. The first-order chi connectivity index (χ1) is 18.6. The summed E-state index contributed by atoms with van der Waals surface area (Å²) in [5.74, 6) is -2.29. The number of carbonyl (C=O) groups excluding carboxylic acids is 4. The van der Waals surface area contributed by atoms with E-state index in [0.717, 1.165) is 5.56 Å². The van der Waals surface area contributed by atoms with Gasteiger partial charge in [0.05, 0.1) is 6.33 Å². The second-order valence-electron chi connectivity index (χ2n) is 8.65. The van der Waals surface area contributed by atoms with E-state index in [9.17, 15) is 19.2 Å². The standard InChI is InChI=1S/C25H27N5O9/c1-13(31)27-25-28-22-19(23(29-25)36-10-17-8-6-5-7-9-17)26-12-30(22)24-21(38-16(4)34)20(37-15(3)33)18(39-24)11-35-14(2)32/h5-9,12,18,20-21,24H,10-11H2,1-4H3,(H,27,28,29,31)/t18-,20-,21-,24-/m1/s1/i10+1. The molecule has 0 radical (unpaired) electrons. The van der Waals surface area contributed by atoms with Crippen molar-refractivity contribution in [3.8, 4) is 5.88 Å². The summed E-state index contributed by atoms with van der Waals surface area (Å²) < 4.78 is 29.5. The van der Waals surface area contributed by atoms with Gasteiger partial charge in [0.1, 0.15) is 19.3 Å². The van der Waals surface area contributed by atoms with Gasteiger partial charge in [0.2, 0.25) is 17.7 Å². The smallest absolute Gasteiger partial charge is 0.303 e. The number of fused-ring (bicyclic) bond motifs is 1. The number of imidazole rings is 1. The molecule has 1 amide bonds. The van der Waals surface area contributed by atoms with Gasteiger partial charge in [0, 0.05) is 27.7 Å². The summed E-state index contributed by atoms with van der Waals surface area (Å²) >= 11 is 0. The van der Waals surface area contributed by atoms with Gasteiger partial charge in [-0.1, -0.05) is 30.3 Å². The molecule has 4 rings (SSSR count). The first-order valence-electron chi connectivity index (χ1n) is 11.9. The third kappa shape index (κ3) is 6.65. The van der Waals surface area contributed by atoms with Gasteiger partial charge < -0.3 is 23.7 Å². The summed E-state index contributed by atoms with van der Waals surface area (Å²) in [6, 6.07) is 9.36. The maximum atomic E-state index is 12.0. The lowest BCUT2D eigenvalue weighted by molar-refractivity contribution is -0.166. The van der Waals surface area contributed by atoms with Crippen LogP contribution in [0.3, 0.4) is 0 Å². The van der Waals surface area contributed by atoms with Crippen molar-refractivity contribution in [1.82, 2.24) is 19.5 Å². The summed E-state index contributed by atoms with van der Waals surface area (Å²) in [6.07, 6.45) is -2.98. The molecule has 2 aromatic heterocycles. The molecule has 206 valence electrons. The Morgan fingerprint density at radius 1 is 0.949 bits per heavy atom. The third-order valence-corrected chi connectivity index (χ3v) is 5.51. The molecule has 39 heavy (non-hydrogen) atoms. The van der Waals surface area contributed by atoms with Crippen molar-refractivity contribution in [2.75, 3.05) is 11.9 Å². The van der Waals surface area contributed by atoms with Crippen molar-refractivity contribution >= 4 is 40.9 Å². The lowest BCUT2D eigenvalue weighted by atomic mass is 10.1. The van der Waals surface area contributed by atoms with E-state index in [1.807, 2.05) is 30.3 Å². The summed E-state index contributed by atoms with van der Waals surface area (Å²) in [5.41, 5.74) is 1.28. The van der Waals surface area contributed by atoms with Gasteiger partial charge in [0.25, 0.3) is 0 Å². The topological polar surface area (TPSA) is 170 Å². The molecule has 1 N–H and O–H groups in total. The van der Waals surface area contributed by atoms with E-state index in [0.29, 0.717) is 0 Å². The molecule has 0 saturated carbocycles. The molecule has 0 bridgehead atoms. The van der Waals surface area contributed by atoms with E-state index < -0.39 is 48.4 Å². The van der Waals surface area contributed by atoms with Crippen LogP contribution in [0.2, 0.25) is 0 Å². The maximum absolute atomic E-state index is 12.0. The second kappa shape index (κ2) is 11.9. The molecule has 14 heteroatoms. The number of benzene rings is 1. The highest BCUT2D eigenvalue weighted by molar-refractivity contribution is 5.88. The van der Waals surface area contributed by atoms with Crippen molar-refractivity contribution in [2.45, 2.75) is 58.8 Å². The molecule has 0 unspecified atom stereocenters. The molecule has 1 aliphatic heterocycles. The monoisotopic (exact) mass is 542 g/mol. The summed E-state index contributed by atoms with van der Waals surface area (Å²) in [5, 5.41) is 2.53. The number of nitrogens with one attached hydrogen (secondary N) is 1. The van der Waals surface area contributed by atoms with Crippen LogP contribution >= 0.6 is 0 Å². The Hall–Kier alpha value is -4.59. The molecular weight excluding hydrogens is 515 g/mol. The molecule has 0 aliphatic carbocycles. The Morgan fingerprint density at radius 2 is 1.64 bits per heavy atom. The van der Waals surface area contributed by atoms with Crippen LogP contribution in [-0.4, -0.2) is 68.3 Å². The van der Waals surface area contributed by atoms with Crippen LogP contribution in [0.5, 0.6) is 5.88 Å². The first kappa shape index (κ1) is 27.4. The minimum absolute atomic E-state index is 0.0603.